The van der Waals surface area contributed by atoms with Gasteiger partial charge in [-0.3, -0.25) is 0 Å². The van der Waals surface area contributed by atoms with E-state index in [0.29, 0.717) is 0 Å². The highest BCUT2D eigenvalue weighted by molar-refractivity contribution is 5.17. The summed E-state index contributed by atoms with van der Waals surface area (Å²) in [5.41, 5.74) is 5.50. The SMILES string of the molecule is CCC1(c2nnc(N)o2)CC1. The van der Waals surface area contributed by atoms with Gasteiger partial charge in [-0.05, 0) is 19.3 Å². The molecule has 0 amide bonds. The molecule has 11 heavy (non-hydrogen) atoms. The summed E-state index contributed by atoms with van der Waals surface area (Å²) in [4.78, 5) is 0. The van der Waals surface area contributed by atoms with Crippen LogP contribution in [0.1, 0.15) is 32.1 Å². The van der Waals surface area contributed by atoms with Gasteiger partial charge in [-0.1, -0.05) is 12.0 Å². The zero-order valence-electron chi connectivity index (χ0n) is 6.50. The van der Waals surface area contributed by atoms with Crippen molar-refractivity contribution in [3.05, 3.63) is 5.89 Å². The Balaban J connectivity index is 2.29. The lowest BCUT2D eigenvalue weighted by molar-refractivity contribution is 0.437. The number of nitrogens with two attached hydrogens (primary N) is 1. The maximum absolute atomic E-state index is 5.32. The highest BCUT2D eigenvalue weighted by atomic mass is 16.4. The molecule has 0 spiro atoms. The number of aromatic nitrogens is 2. The molecule has 1 heterocycles. The summed E-state index contributed by atoms with van der Waals surface area (Å²) >= 11 is 0. The van der Waals surface area contributed by atoms with E-state index in [-0.39, 0.29) is 11.4 Å². The van der Waals surface area contributed by atoms with Crippen molar-refractivity contribution >= 4 is 6.01 Å². The Bertz CT molecular complexity index is 264. The molecule has 1 saturated carbocycles. The maximum atomic E-state index is 5.32. The topological polar surface area (TPSA) is 64.9 Å². The first-order valence-electron chi connectivity index (χ1n) is 3.86. The average Bonchev–Trinajstić information content (AvgIpc) is 2.70. The van der Waals surface area contributed by atoms with E-state index in [4.69, 9.17) is 10.2 Å². The third kappa shape index (κ3) is 0.895. The van der Waals surface area contributed by atoms with Gasteiger partial charge in [0.15, 0.2) is 0 Å². The summed E-state index contributed by atoms with van der Waals surface area (Å²) in [5, 5.41) is 7.51. The Morgan fingerprint density at radius 3 is 2.64 bits per heavy atom. The third-order valence-corrected chi connectivity index (χ3v) is 2.42. The number of hydrogen-bond acceptors (Lipinski definition) is 4. The normalized spacial score (nSPS) is 20.1. The van der Waals surface area contributed by atoms with Crippen LogP contribution in [-0.2, 0) is 5.41 Å². The van der Waals surface area contributed by atoms with E-state index in [0.717, 1.165) is 25.2 Å². The van der Waals surface area contributed by atoms with Gasteiger partial charge in [0.25, 0.3) is 0 Å². The summed E-state index contributed by atoms with van der Waals surface area (Å²) in [6, 6.07) is 0.180. The standard InChI is InChI=1S/C7H11N3O/c1-2-7(3-4-7)5-9-10-6(8)11-5/h2-4H2,1H3,(H2,8,10). The summed E-state index contributed by atoms with van der Waals surface area (Å²) in [6.45, 7) is 2.13. The van der Waals surface area contributed by atoms with Gasteiger partial charge in [-0.15, -0.1) is 5.10 Å². The second-order valence-corrected chi connectivity index (χ2v) is 3.08. The smallest absolute Gasteiger partial charge is 0.312 e. The van der Waals surface area contributed by atoms with Crippen LogP contribution in [0.3, 0.4) is 0 Å². The van der Waals surface area contributed by atoms with E-state index in [9.17, 15) is 0 Å². The highest BCUT2D eigenvalue weighted by Crippen LogP contribution is 2.50. The molecule has 0 radical (unpaired) electrons. The fourth-order valence-electron chi connectivity index (χ4n) is 1.32. The van der Waals surface area contributed by atoms with Crippen LogP contribution in [0.4, 0.5) is 6.01 Å². The lowest BCUT2D eigenvalue weighted by atomic mass is 10.0. The minimum atomic E-state index is 0.180. The first-order valence-corrected chi connectivity index (χ1v) is 3.86. The molecule has 1 fully saturated rings. The Kier molecular flexibility index (Phi) is 1.19. The number of nitrogens with zero attached hydrogens (tertiary/aromatic N) is 2. The van der Waals surface area contributed by atoms with Gasteiger partial charge in [-0.25, -0.2) is 0 Å². The summed E-state index contributed by atoms with van der Waals surface area (Å²) < 4.78 is 5.16. The number of rotatable bonds is 2. The van der Waals surface area contributed by atoms with E-state index in [1.807, 2.05) is 0 Å². The fourth-order valence-corrected chi connectivity index (χ4v) is 1.32. The third-order valence-electron chi connectivity index (χ3n) is 2.42. The molecule has 1 aliphatic rings. The van der Waals surface area contributed by atoms with Crippen molar-refractivity contribution in [3.63, 3.8) is 0 Å². The van der Waals surface area contributed by atoms with Crippen LogP contribution in [0.25, 0.3) is 0 Å². The largest absolute Gasteiger partial charge is 0.408 e. The lowest BCUT2D eigenvalue weighted by Gasteiger charge is -2.03. The van der Waals surface area contributed by atoms with E-state index >= 15 is 0 Å². The van der Waals surface area contributed by atoms with Gasteiger partial charge in [0.1, 0.15) is 0 Å². The minimum Gasteiger partial charge on any atom is -0.408 e. The van der Waals surface area contributed by atoms with Gasteiger partial charge in [0.2, 0.25) is 5.89 Å². The maximum Gasteiger partial charge on any atom is 0.312 e. The Hall–Kier alpha value is -1.06. The van der Waals surface area contributed by atoms with Crippen molar-refractivity contribution in [1.82, 2.24) is 10.2 Å². The van der Waals surface area contributed by atoms with Crippen LogP contribution in [0, 0.1) is 0 Å². The molecule has 0 aliphatic heterocycles. The van der Waals surface area contributed by atoms with Crippen molar-refractivity contribution in [2.45, 2.75) is 31.6 Å². The molecule has 4 heteroatoms. The Morgan fingerprint density at radius 1 is 1.55 bits per heavy atom. The van der Waals surface area contributed by atoms with Gasteiger partial charge in [0, 0.05) is 5.41 Å². The van der Waals surface area contributed by atoms with E-state index < -0.39 is 0 Å². The fraction of sp³-hybridized carbons (Fsp3) is 0.714. The van der Waals surface area contributed by atoms with Crippen molar-refractivity contribution in [2.75, 3.05) is 5.73 Å². The predicted octanol–water partition coefficient (Wildman–Crippen LogP) is 1.09. The molecule has 0 atom stereocenters. The number of anilines is 1. The Labute approximate surface area is 64.8 Å². The first-order chi connectivity index (χ1) is 5.27. The van der Waals surface area contributed by atoms with Crippen molar-refractivity contribution in [3.8, 4) is 0 Å². The second kappa shape index (κ2) is 1.96. The molecule has 1 aromatic heterocycles. The molecular weight excluding hydrogens is 142 g/mol. The molecular formula is C7H11N3O. The molecule has 1 aliphatic carbocycles. The molecule has 2 N–H and O–H groups in total. The van der Waals surface area contributed by atoms with Crippen LogP contribution < -0.4 is 5.73 Å². The van der Waals surface area contributed by atoms with Gasteiger partial charge in [0.05, 0.1) is 0 Å². The predicted molar refractivity (Wildman–Crippen MR) is 39.9 cm³/mol. The number of nitrogen functional groups attached to an aromatic ring is 1. The summed E-state index contributed by atoms with van der Waals surface area (Å²) in [5.74, 6) is 0.720. The molecule has 0 unspecified atom stereocenters. The van der Waals surface area contributed by atoms with Crippen LogP contribution in [0.5, 0.6) is 0 Å². The molecule has 0 aromatic carbocycles. The van der Waals surface area contributed by atoms with Crippen LogP contribution in [0.15, 0.2) is 4.42 Å². The quantitative estimate of drug-likeness (QED) is 0.690. The molecule has 0 bridgehead atoms. The average molecular weight is 153 g/mol. The molecule has 2 rings (SSSR count). The molecule has 0 saturated heterocycles. The lowest BCUT2D eigenvalue weighted by Crippen LogP contribution is -2.04. The van der Waals surface area contributed by atoms with Crippen molar-refractivity contribution < 1.29 is 4.42 Å². The molecule has 4 nitrogen and oxygen atoms in total. The zero-order chi connectivity index (χ0) is 7.90. The molecule has 60 valence electrons. The van der Waals surface area contributed by atoms with Crippen LogP contribution in [0.2, 0.25) is 0 Å². The first kappa shape index (κ1) is 6.64. The van der Waals surface area contributed by atoms with Gasteiger partial charge < -0.3 is 10.2 Å². The van der Waals surface area contributed by atoms with Crippen molar-refractivity contribution in [2.24, 2.45) is 0 Å². The van der Waals surface area contributed by atoms with Gasteiger partial charge in [-0.2, -0.15) is 0 Å². The monoisotopic (exact) mass is 153 g/mol. The summed E-state index contributed by atoms with van der Waals surface area (Å²) in [6.07, 6.45) is 3.38. The molecule has 1 aromatic rings. The van der Waals surface area contributed by atoms with Crippen LogP contribution >= 0.6 is 0 Å². The van der Waals surface area contributed by atoms with Gasteiger partial charge >= 0.3 is 6.01 Å². The minimum absolute atomic E-state index is 0.180. The van der Waals surface area contributed by atoms with E-state index in [2.05, 4.69) is 17.1 Å². The van der Waals surface area contributed by atoms with Crippen molar-refractivity contribution in [1.29, 1.82) is 0 Å². The number of hydrogen-bond donors (Lipinski definition) is 1. The van der Waals surface area contributed by atoms with E-state index in [1.165, 1.54) is 0 Å². The highest BCUT2D eigenvalue weighted by Gasteiger charge is 2.47. The second-order valence-electron chi connectivity index (χ2n) is 3.08. The van der Waals surface area contributed by atoms with Crippen LogP contribution in [-0.4, -0.2) is 10.2 Å². The summed E-state index contributed by atoms with van der Waals surface area (Å²) in [7, 11) is 0. The zero-order valence-corrected chi connectivity index (χ0v) is 6.50. The Morgan fingerprint density at radius 2 is 2.27 bits per heavy atom. The van der Waals surface area contributed by atoms with E-state index in [1.54, 1.807) is 0 Å².